The molecule has 0 aliphatic heterocycles. The van der Waals surface area contributed by atoms with E-state index in [1.807, 2.05) is 48.5 Å². The molecule has 0 spiro atoms. The molecule has 0 saturated carbocycles. The van der Waals surface area contributed by atoms with Gasteiger partial charge in [-0.15, -0.1) is 0 Å². The van der Waals surface area contributed by atoms with Gasteiger partial charge in [-0.1, -0.05) is 35.6 Å². The summed E-state index contributed by atoms with van der Waals surface area (Å²) in [7, 11) is 1.60. The van der Waals surface area contributed by atoms with Crippen LogP contribution in [0.3, 0.4) is 0 Å². The third-order valence-electron chi connectivity index (χ3n) is 4.07. The van der Waals surface area contributed by atoms with Crippen LogP contribution in [0.2, 0.25) is 0 Å². The molecule has 4 rings (SSSR count). The minimum Gasteiger partial charge on any atom is -0.497 e. The molecule has 0 bridgehead atoms. The van der Waals surface area contributed by atoms with E-state index < -0.39 is 5.91 Å². The van der Waals surface area contributed by atoms with Crippen LogP contribution in [0.15, 0.2) is 59.4 Å². The third kappa shape index (κ3) is 3.91. The molecule has 0 unspecified atom stereocenters. The number of carbonyl (C=O) groups is 1. The molecule has 0 atom stereocenters. The van der Waals surface area contributed by atoms with E-state index >= 15 is 0 Å². The smallest absolute Gasteiger partial charge is 0.276 e. The number of aromatic amines is 1. The van der Waals surface area contributed by atoms with Crippen molar-refractivity contribution in [3.63, 3.8) is 0 Å². The Labute approximate surface area is 164 Å². The van der Waals surface area contributed by atoms with E-state index in [1.54, 1.807) is 7.11 Å². The second-order valence-corrected chi connectivity index (χ2v) is 7.07. The van der Waals surface area contributed by atoms with E-state index in [-0.39, 0.29) is 11.3 Å². The van der Waals surface area contributed by atoms with Gasteiger partial charge in [-0.3, -0.25) is 14.9 Å². The lowest BCUT2D eigenvalue weighted by molar-refractivity contribution is 0.102. The molecule has 0 fully saturated rings. The number of aromatic nitrogens is 3. The molecule has 4 aromatic rings. The second kappa shape index (κ2) is 7.61. The quantitative estimate of drug-likeness (QED) is 0.543. The molecule has 2 aromatic heterocycles. The summed E-state index contributed by atoms with van der Waals surface area (Å²) in [4.78, 5) is 35.9. The van der Waals surface area contributed by atoms with Gasteiger partial charge in [-0.05, 0) is 29.8 Å². The monoisotopic (exact) mass is 392 g/mol. The number of amides is 1. The normalized spacial score (nSPS) is 10.8. The number of fused-ring (bicyclic) bond motifs is 1. The first-order valence-electron chi connectivity index (χ1n) is 8.51. The van der Waals surface area contributed by atoms with E-state index in [0.29, 0.717) is 17.4 Å². The summed E-state index contributed by atoms with van der Waals surface area (Å²) in [6.07, 6.45) is 0.390. The average Bonchev–Trinajstić information content (AvgIpc) is 3.10. The third-order valence-corrected chi connectivity index (χ3v) is 5.02. The van der Waals surface area contributed by atoms with Crippen molar-refractivity contribution in [1.29, 1.82) is 0 Å². The van der Waals surface area contributed by atoms with Gasteiger partial charge >= 0.3 is 0 Å². The van der Waals surface area contributed by atoms with Crippen LogP contribution in [0.1, 0.15) is 21.9 Å². The molecule has 2 heterocycles. The molecule has 8 heteroatoms. The molecule has 0 saturated heterocycles. The Morgan fingerprint density at radius 3 is 2.68 bits per heavy atom. The fraction of sp³-hybridized carbons (Fsp3) is 0.100. The Morgan fingerprint density at radius 1 is 1.14 bits per heavy atom. The minimum absolute atomic E-state index is 0.0477. The van der Waals surface area contributed by atoms with Crippen LogP contribution in [0.5, 0.6) is 5.75 Å². The standard InChI is InChI=1S/C20H16N4O3S/c1-27-13-8-6-12(7-9-13)10-17-21-15(11-18(25)23-17)19(26)24-20-22-14-4-2-3-5-16(14)28-20/h2-9,11H,10H2,1H3,(H,21,23,25)(H,22,24,26). The van der Waals surface area contributed by atoms with Crippen molar-refractivity contribution in [1.82, 2.24) is 15.0 Å². The molecule has 1 amide bonds. The Bertz CT molecular complexity index is 1170. The number of hydrogen-bond donors (Lipinski definition) is 2. The lowest BCUT2D eigenvalue weighted by Gasteiger charge is -2.05. The largest absolute Gasteiger partial charge is 0.497 e. The van der Waals surface area contributed by atoms with Gasteiger partial charge in [-0.25, -0.2) is 9.97 Å². The molecule has 0 aliphatic rings. The van der Waals surface area contributed by atoms with Crippen molar-refractivity contribution >= 4 is 32.6 Å². The van der Waals surface area contributed by atoms with Gasteiger partial charge in [0.25, 0.3) is 11.5 Å². The van der Waals surface area contributed by atoms with Crippen molar-refractivity contribution in [2.45, 2.75) is 6.42 Å². The number of para-hydroxylation sites is 1. The number of nitrogens with one attached hydrogen (secondary N) is 2. The summed E-state index contributed by atoms with van der Waals surface area (Å²) in [6.45, 7) is 0. The van der Waals surface area contributed by atoms with E-state index in [2.05, 4.69) is 20.3 Å². The first-order valence-corrected chi connectivity index (χ1v) is 9.32. The number of carbonyl (C=O) groups excluding carboxylic acids is 1. The zero-order chi connectivity index (χ0) is 19.5. The van der Waals surface area contributed by atoms with Gasteiger partial charge in [-0.2, -0.15) is 0 Å². The number of thiazole rings is 1. The van der Waals surface area contributed by atoms with Crippen LogP contribution in [-0.4, -0.2) is 28.0 Å². The Hall–Kier alpha value is -3.52. The van der Waals surface area contributed by atoms with Gasteiger partial charge in [0, 0.05) is 12.5 Å². The highest BCUT2D eigenvalue weighted by atomic mass is 32.1. The van der Waals surface area contributed by atoms with Gasteiger partial charge in [0.1, 0.15) is 17.3 Å². The molecule has 2 N–H and O–H groups in total. The maximum Gasteiger partial charge on any atom is 0.276 e. The molecular formula is C20H16N4O3S. The summed E-state index contributed by atoms with van der Waals surface area (Å²) in [5.41, 5.74) is 1.41. The molecule has 28 heavy (non-hydrogen) atoms. The van der Waals surface area contributed by atoms with Crippen LogP contribution in [-0.2, 0) is 6.42 Å². The Morgan fingerprint density at radius 2 is 1.93 bits per heavy atom. The number of H-pyrrole nitrogens is 1. The maximum absolute atomic E-state index is 12.6. The fourth-order valence-electron chi connectivity index (χ4n) is 2.73. The predicted octanol–water partition coefficient (Wildman–Crippen LogP) is 3.23. The second-order valence-electron chi connectivity index (χ2n) is 6.04. The van der Waals surface area contributed by atoms with Crippen LogP contribution >= 0.6 is 11.3 Å². The molecule has 7 nitrogen and oxygen atoms in total. The number of methoxy groups -OCH3 is 1. The first-order chi connectivity index (χ1) is 13.6. The maximum atomic E-state index is 12.6. The van der Waals surface area contributed by atoms with E-state index in [9.17, 15) is 9.59 Å². The van der Waals surface area contributed by atoms with E-state index in [1.165, 1.54) is 17.4 Å². The molecule has 0 radical (unpaired) electrons. The van der Waals surface area contributed by atoms with Crippen LogP contribution in [0.4, 0.5) is 5.13 Å². The number of rotatable bonds is 5. The Kier molecular flexibility index (Phi) is 4.86. The fourth-order valence-corrected chi connectivity index (χ4v) is 3.59. The number of hydrogen-bond acceptors (Lipinski definition) is 6. The van der Waals surface area contributed by atoms with E-state index in [0.717, 1.165) is 21.5 Å². The lowest BCUT2D eigenvalue weighted by atomic mass is 10.1. The number of nitrogens with zero attached hydrogens (tertiary/aromatic N) is 2. The Balaban J connectivity index is 1.55. The van der Waals surface area contributed by atoms with Gasteiger partial charge < -0.3 is 9.72 Å². The van der Waals surface area contributed by atoms with Gasteiger partial charge in [0.2, 0.25) is 0 Å². The minimum atomic E-state index is -0.471. The topological polar surface area (TPSA) is 97.0 Å². The summed E-state index contributed by atoms with van der Waals surface area (Å²) < 4.78 is 6.11. The zero-order valence-corrected chi connectivity index (χ0v) is 15.7. The van der Waals surface area contributed by atoms with Crippen LogP contribution < -0.4 is 15.6 Å². The molecule has 2 aromatic carbocycles. The lowest BCUT2D eigenvalue weighted by Crippen LogP contribution is -2.20. The summed E-state index contributed by atoms with van der Waals surface area (Å²) >= 11 is 1.37. The molecule has 140 valence electrons. The average molecular weight is 392 g/mol. The van der Waals surface area contributed by atoms with Crippen molar-refractivity contribution in [2.24, 2.45) is 0 Å². The van der Waals surface area contributed by atoms with Crippen molar-refractivity contribution < 1.29 is 9.53 Å². The number of ether oxygens (including phenoxy) is 1. The number of anilines is 1. The van der Waals surface area contributed by atoms with Gasteiger partial charge in [0.05, 0.1) is 17.3 Å². The first kappa shape index (κ1) is 17.9. The SMILES string of the molecule is COc1ccc(Cc2nc(C(=O)Nc3nc4ccccc4s3)cc(=O)[nH]2)cc1. The van der Waals surface area contributed by atoms with Crippen molar-refractivity contribution in [3.05, 3.63) is 82.0 Å². The van der Waals surface area contributed by atoms with Crippen molar-refractivity contribution in [3.8, 4) is 5.75 Å². The zero-order valence-electron chi connectivity index (χ0n) is 14.9. The van der Waals surface area contributed by atoms with Gasteiger partial charge in [0.15, 0.2) is 5.13 Å². The highest BCUT2D eigenvalue weighted by Crippen LogP contribution is 2.25. The summed E-state index contributed by atoms with van der Waals surface area (Å²) in [6, 6.07) is 16.2. The number of benzene rings is 2. The molecule has 0 aliphatic carbocycles. The highest BCUT2D eigenvalue weighted by molar-refractivity contribution is 7.22. The van der Waals surface area contributed by atoms with Crippen LogP contribution in [0.25, 0.3) is 10.2 Å². The molecular weight excluding hydrogens is 376 g/mol. The van der Waals surface area contributed by atoms with Crippen LogP contribution in [0, 0.1) is 0 Å². The summed E-state index contributed by atoms with van der Waals surface area (Å²) in [5.74, 6) is 0.683. The predicted molar refractivity (Wildman–Crippen MR) is 108 cm³/mol. The highest BCUT2D eigenvalue weighted by Gasteiger charge is 2.13. The van der Waals surface area contributed by atoms with E-state index in [4.69, 9.17) is 4.74 Å². The van der Waals surface area contributed by atoms with Crippen molar-refractivity contribution in [2.75, 3.05) is 12.4 Å². The summed E-state index contributed by atoms with van der Waals surface area (Å²) in [5, 5.41) is 3.18.